The quantitative estimate of drug-likeness (QED) is 0.527. The fraction of sp³-hybridized carbons (Fsp3) is 0.333. The Morgan fingerprint density at radius 1 is 1.00 bits per heavy atom. The zero-order chi connectivity index (χ0) is 19.8. The normalized spacial score (nSPS) is 16.6. The second-order valence-corrected chi connectivity index (χ2v) is 8.61. The molecule has 0 spiro atoms. The molecular formula is C24H26N2O2S. The number of thiophene rings is 1. The van der Waals surface area contributed by atoms with E-state index < -0.39 is 6.10 Å². The summed E-state index contributed by atoms with van der Waals surface area (Å²) in [6, 6.07) is 16.6. The Morgan fingerprint density at radius 3 is 2.66 bits per heavy atom. The highest BCUT2D eigenvalue weighted by Crippen LogP contribution is 2.38. The van der Waals surface area contributed by atoms with Crippen molar-refractivity contribution in [3.8, 4) is 0 Å². The van der Waals surface area contributed by atoms with Crippen LogP contribution in [0.25, 0.3) is 21.0 Å². The highest BCUT2D eigenvalue weighted by Gasteiger charge is 2.24. The Kier molecular flexibility index (Phi) is 5.14. The molecule has 5 rings (SSSR count). The summed E-state index contributed by atoms with van der Waals surface area (Å²) in [6.45, 7) is 7.74. The molecule has 0 aliphatic carbocycles. The minimum absolute atomic E-state index is 0.636. The van der Waals surface area contributed by atoms with Crippen molar-refractivity contribution in [2.75, 3.05) is 32.8 Å². The van der Waals surface area contributed by atoms with Crippen LogP contribution in [0, 0.1) is 6.92 Å². The Balaban J connectivity index is 1.53. The first-order valence-electron chi connectivity index (χ1n) is 10.3. The van der Waals surface area contributed by atoms with Crippen LogP contribution in [0.1, 0.15) is 22.9 Å². The van der Waals surface area contributed by atoms with Gasteiger partial charge in [-0.2, -0.15) is 0 Å². The average molecular weight is 407 g/mol. The van der Waals surface area contributed by atoms with E-state index in [0.29, 0.717) is 0 Å². The van der Waals surface area contributed by atoms with Crippen LogP contribution in [-0.2, 0) is 11.3 Å². The van der Waals surface area contributed by atoms with Gasteiger partial charge in [-0.3, -0.25) is 4.90 Å². The lowest BCUT2D eigenvalue weighted by Gasteiger charge is -2.27. The Labute approximate surface area is 174 Å². The first-order chi connectivity index (χ1) is 14.2. The summed E-state index contributed by atoms with van der Waals surface area (Å²) >= 11 is 1.76. The third kappa shape index (κ3) is 3.38. The number of ether oxygens (including phenoxy) is 1. The van der Waals surface area contributed by atoms with Gasteiger partial charge >= 0.3 is 0 Å². The summed E-state index contributed by atoms with van der Waals surface area (Å²) in [5.74, 6) is 0. The van der Waals surface area contributed by atoms with Crippen molar-refractivity contribution in [3.63, 3.8) is 0 Å². The van der Waals surface area contributed by atoms with Crippen molar-refractivity contribution in [1.82, 2.24) is 9.47 Å². The minimum atomic E-state index is -0.636. The van der Waals surface area contributed by atoms with Gasteiger partial charge < -0.3 is 14.4 Å². The van der Waals surface area contributed by atoms with Crippen LogP contribution in [0.2, 0.25) is 0 Å². The van der Waals surface area contributed by atoms with E-state index in [9.17, 15) is 5.11 Å². The highest BCUT2D eigenvalue weighted by atomic mass is 32.1. The number of aliphatic hydroxyl groups is 1. The number of morpholine rings is 1. The Morgan fingerprint density at radius 2 is 1.79 bits per heavy atom. The van der Waals surface area contributed by atoms with Gasteiger partial charge in [0.25, 0.3) is 0 Å². The van der Waals surface area contributed by atoms with E-state index in [1.165, 1.54) is 15.9 Å². The zero-order valence-corrected chi connectivity index (χ0v) is 17.5. The lowest BCUT2D eigenvalue weighted by molar-refractivity contribution is 0.0365. The van der Waals surface area contributed by atoms with Gasteiger partial charge in [-0.25, -0.2) is 0 Å². The van der Waals surface area contributed by atoms with E-state index in [1.807, 2.05) is 18.2 Å². The van der Waals surface area contributed by atoms with Crippen molar-refractivity contribution < 1.29 is 9.84 Å². The van der Waals surface area contributed by atoms with Crippen LogP contribution < -0.4 is 0 Å². The highest BCUT2D eigenvalue weighted by molar-refractivity contribution is 7.16. The average Bonchev–Trinajstić information content (AvgIpc) is 3.32. The van der Waals surface area contributed by atoms with Gasteiger partial charge in [0.1, 0.15) is 10.9 Å². The summed E-state index contributed by atoms with van der Waals surface area (Å²) in [6.07, 6.45) is -0.636. The fourth-order valence-corrected chi connectivity index (χ4v) is 5.53. The topological polar surface area (TPSA) is 37.6 Å². The van der Waals surface area contributed by atoms with Crippen molar-refractivity contribution in [1.29, 1.82) is 0 Å². The van der Waals surface area contributed by atoms with Gasteiger partial charge in [0.15, 0.2) is 0 Å². The second kappa shape index (κ2) is 7.92. The van der Waals surface area contributed by atoms with Gasteiger partial charge in [-0.05, 0) is 34.7 Å². The van der Waals surface area contributed by atoms with E-state index in [4.69, 9.17) is 4.74 Å². The van der Waals surface area contributed by atoms with Crippen LogP contribution in [0.3, 0.4) is 0 Å². The minimum Gasteiger partial charge on any atom is -0.384 e. The number of rotatable bonds is 5. The van der Waals surface area contributed by atoms with Gasteiger partial charge in [0.2, 0.25) is 0 Å². The number of nitrogens with zero attached hydrogens (tertiary/aromatic N) is 2. The molecule has 29 heavy (non-hydrogen) atoms. The molecule has 5 heteroatoms. The molecule has 4 nitrogen and oxygen atoms in total. The molecule has 1 fully saturated rings. The smallest absolute Gasteiger partial charge is 0.107 e. The Hall–Kier alpha value is -2.18. The predicted octanol–water partition coefficient (Wildman–Crippen LogP) is 4.58. The largest absolute Gasteiger partial charge is 0.384 e. The van der Waals surface area contributed by atoms with Gasteiger partial charge in [-0.1, -0.05) is 42.5 Å². The van der Waals surface area contributed by atoms with Crippen LogP contribution in [0.15, 0.2) is 53.9 Å². The van der Waals surface area contributed by atoms with Gasteiger partial charge in [0, 0.05) is 42.8 Å². The molecule has 2 aromatic carbocycles. The monoisotopic (exact) mass is 406 g/mol. The summed E-state index contributed by atoms with van der Waals surface area (Å²) in [4.78, 5) is 3.72. The second-order valence-electron chi connectivity index (χ2n) is 7.72. The number of benzene rings is 2. The van der Waals surface area contributed by atoms with E-state index >= 15 is 0 Å². The zero-order valence-electron chi connectivity index (χ0n) is 16.7. The first-order valence-corrected chi connectivity index (χ1v) is 11.1. The van der Waals surface area contributed by atoms with Gasteiger partial charge in [-0.15, -0.1) is 11.3 Å². The number of fused-ring (bicyclic) bond motifs is 2. The van der Waals surface area contributed by atoms with E-state index in [0.717, 1.165) is 61.3 Å². The molecular weight excluding hydrogens is 380 g/mol. The molecule has 1 N–H and O–H groups in total. The summed E-state index contributed by atoms with van der Waals surface area (Å²) in [5.41, 5.74) is 3.18. The molecule has 150 valence electrons. The van der Waals surface area contributed by atoms with Crippen molar-refractivity contribution in [3.05, 3.63) is 70.7 Å². The van der Waals surface area contributed by atoms with E-state index in [-0.39, 0.29) is 0 Å². The molecule has 1 aliphatic heterocycles. The van der Waals surface area contributed by atoms with Gasteiger partial charge in [0.05, 0.1) is 13.2 Å². The summed E-state index contributed by atoms with van der Waals surface area (Å²) < 4.78 is 7.86. The lowest BCUT2D eigenvalue weighted by atomic mass is 9.95. The maximum absolute atomic E-state index is 11.5. The standard InChI is InChI=1S/C24H26N2O2S/c1-17-22(23(27)20-8-4-6-18-5-2-3-7-19(18)20)21-9-16-29-24(21)26(17)11-10-25-12-14-28-15-13-25/h2-9,16,23,27H,10-15H2,1H3. The first kappa shape index (κ1) is 18.8. The molecule has 1 saturated heterocycles. The number of aliphatic hydroxyl groups excluding tert-OH is 1. The van der Waals surface area contributed by atoms with E-state index in [1.54, 1.807) is 11.3 Å². The summed E-state index contributed by atoms with van der Waals surface area (Å²) in [5, 5.41) is 17.1. The predicted molar refractivity (Wildman–Crippen MR) is 120 cm³/mol. The maximum atomic E-state index is 11.5. The number of hydrogen-bond donors (Lipinski definition) is 1. The van der Waals surface area contributed by atoms with Crippen molar-refractivity contribution in [2.45, 2.75) is 19.6 Å². The van der Waals surface area contributed by atoms with Crippen LogP contribution >= 0.6 is 11.3 Å². The van der Waals surface area contributed by atoms with Crippen molar-refractivity contribution >= 4 is 32.3 Å². The number of aromatic nitrogens is 1. The fourth-order valence-electron chi connectivity index (χ4n) is 4.53. The van der Waals surface area contributed by atoms with Crippen LogP contribution in [0.4, 0.5) is 0 Å². The van der Waals surface area contributed by atoms with Crippen LogP contribution in [0.5, 0.6) is 0 Å². The van der Waals surface area contributed by atoms with Crippen molar-refractivity contribution in [2.24, 2.45) is 0 Å². The lowest BCUT2D eigenvalue weighted by Crippen LogP contribution is -2.38. The SMILES string of the molecule is Cc1c(C(O)c2cccc3ccccc23)c2ccsc2n1CCN1CCOCC1. The molecule has 2 aromatic heterocycles. The molecule has 4 aromatic rings. The molecule has 1 atom stereocenters. The molecule has 1 unspecified atom stereocenters. The molecule has 0 radical (unpaired) electrons. The number of hydrogen-bond acceptors (Lipinski definition) is 4. The molecule has 0 saturated carbocycles. The summed E-state index contributed by atoms with van der Waals surface area (Å²) in [7, 11) is 0. The Bertz CT molecular complexity index is 1140. The molecule has 1 aliphatic rings. The third-order valence-corrected chi connectivity index (χ3v) is 7.05. The maximum Gasteiger partial charge on any atom is 0.107 e. The molecule has 3 heterocycles. The molecule has 0 amide bonds. The molecule has 0 bridgehead atoms. The third-order valence-electron chi connectivity index (χ3n) is 6.11. The van der Waals surface area contributed by atoms with E-state index in [2.05, 4.69) is 52.1 Å². The van der Waals surface area contributed by atoms with Crippen LogP contribution in [-0.4, -0.2) is 47.4 Å².